The maximum Gasteiger partial charge on any atom is 0.236 e. The maximum atomic E-state index is 12.2. The molecule has 1 aromatic rings. The average Bonchev–Trinajstić information content (AvgIpc) is 3.13. The maximum absolute atomic E-state index is 12.2. The normalized spacial score (nSPS) is 14.5. The Hall–Kier alpha value is -0.980. The first-order chi connectivity index (χ1) is 9.56. The van der Waals surface area contributed by atoms with Crippen LogP contribution in [0.2, 0.25) is 0 Å². The second-order valence-corrected chi connectivity index (χ2v) is 6.60. The molecule has 0 atom stereocenters. The number of carbonyl (C=O) groups is 1. The van der Waals surface area contributed by atoms with Gasteiger partial charge in [0, 0.05) is 32.6 Å². The van der Waals surface area contributed by atoms with Gasteiger partial charge >= 0.3 is 0 Å². The van der Waals surface area contributed by atoms with E-state index in [0.717, 1.165) is 6.54 Å². The van der Waals surface area contributed by atoms with Crippen molar-refractivity contribution in [3.63, 3.8) is 0 Å². The fourth-order valence-electron chi connectivity index (χ4n) is 2.07. The van der Waals surface area contributed by atoms with E-state index in [1.165, 1.54) is 18.4 Å². The largest absolute Gasteiger partial charge is 0.393 e. The third-order valence-electron chi connectivity index (χ3n) is 3.49. The van der Waals surface area contributed by atoms with Gasteiger partial charge in [-0.15, -0.1) is 0 Å². The number of carbonyl (C=O) groups excluding carboxylic acids is 1. The molecule has 0 bridgehead atoms. The molecule has 1 fully saturated rings. The Bertz CT molecular complexity index is 457. The molecule has 2 rings (SSSR count). The molecule has 20 heavy (non-hydrogen) atoms. The van der Waals surface area contributed by atoms with Gasteiger partial charge in [-0.3, -0.25) is 9.69 Å². The molecule has 1 amide bonds. The van der Waals surface area contributed by atoms with Crippen molar-refractivity contribution < 1.29 is 4.79 Å². The molecule has 0 spiro atoms. The Morgan fingerprint density at radius 3 is 2.85 bits per heavy atom. The smallest absolute Gasteiger partial charge is 0.236 e. The van der Waals surface area contributed by atoms with E-state index in [2.05, 4.69) is 21.7 Å². The van der Waals surface area contributed by atoms with Crippen molar-refractivity contribution in [2.24, 2.45) is 5.73 Å². The Morgan fingerprint density at radius 2 is 2.30 bits per heavy atom. The molecule has 0 aliphatic heterocycles. The van der Waals surface area contributed by atoms with Crippen molar-refractivity contribution in [1.29, 1.82) is 0 Å². The summed E-state index contributed by atoms with van der Waals surface area (Å²) < 4.78 is 0. The summed E-state index contributed by atoms with van der Waals surface area (Å²) in [5.41, 5.74) is 6.77. The van der Waals surface area contributed by atoms with Gasteiger partial charge in [0.25, 0.3) is 0 Å². The molecule has 1 heterocycles. The van der Waals surface area contributed by atoms with Crippen LogP contribution in [-0.2, 0) is 11.3 Å². The van der Waals surface area contributed by atoms with Crippen LogP contribution in [0.4, 0.5) is 0 Å². The number of thiocarbonyl (C=S) groups is 1. The Kier molecular flexibility index (Phi) is 5.51. The fraction of sp³-hybridized carbons (Fsp3) is 0.571. The van der Waals surface area contributed by atoms with Gasteiger partial charge < -0.3 is 10.6 Å². The van der Waals surface area contributed by atoms with E-state index in [-0.39, 0.29) is 5.91 Å². The van der Waals surface area contributed by atoms with Crippen molar-refractivity contribution in [3.8, 4) is 0 Å². The Labute approximate surface area is 129 Å². The summed E-state index contributed by atoms with van der Waals surface area (Å²) in [4.78, 5) is 16.7. The molecule has 1 aliphatic carbocycles. The predicted molar refractivity (Wildman–Crippen MR) is 86.8 cm³/mol. The monoisotopic (exact) mass is 311 g/mol. The van der Waals surface area contributed by atoms with E-state index < -0.39 is 0 Å². The summed E-state index contributed by atoms with van der Waals surface area (Å²) in [6, 6.07) is 2.70. The molecule has 4 nitrogen and oxygen atoms in total. The lowest BCUT2D eigenvalue weighted by Gasteiger charge is -2.24. The number of rotatable bonds is 8. The summed E-state index contributed by atoms with van der Waals surface area (Å²) in [7, 11) is 1.82. The van der Waals surface area contributed by atoms with Crippen LogP contribution in [0.25, 0.3) is 0 Å². The van der Waals surface area contributed by atoms with Crippen LogP contribution >= 0.6 is 23.6 Å². The minimum absolute atomic E-state index is 0.142. The van der Waals surface area contributed by atoms with Crippen molar-refractivity contribution in [2.45, 2.75) is 31.8 Å². The van der Waals surface area contributed by atoms with Crippen LogP contribution in [-0.4, -0.2) is 46.9 Å². The molecule has 110 valence electrons. The lowest BCUT2D eigenvalue weighted by Crippen LogP contribution is -2.40. The van der Waals surface area contributed by atoms with Crippen LogP contribution < -0.4 is 5.73 Å². The topological polar surface area (TPSA) is 49.6 Å². The van der Waals surface area contributed by atoms with Gasteiger partial charge in [0.2, 0.25) is 5.91 Å². The summed E-state index contributed by atoms with van der Waals surface area (Å²) in [5.74, 6) is 0.142. The molecule has 0 aromatic carbocycles. The molecule has 1 aliphatic rings. The standard InChI is InChI=1S/C14H21N3OS2/c1-16(6-4-13(15)19)14(18)9-17(12-2-3-12)8-11-5-7-20-10-11/h5,7,10,12H,2-4,6,8-9H2,1H3,(H2,15,19). The van der Waals surface area contributed by atoms with Gasteiger partial charge in [0.1, 0.15) is 0 Å². The molecule has 0 radical (unpaired) electrons. The lowest BCUT2D eigenvalue weighted by atomic mass is 10.3. The van der Waals surface area contributed by atoms with Gasteiger partial charge in [0.05, 0.1) is 11.5 Å². The molecule has 0 saturated heterocycles. The third kappa shape index (κ3) is 4.85. The van der Waals surface area contributed by atoms with Crippen molar-refractivity contribution in [3.05, 3.63) is 22.4 Å². The van der Waals surface area contributed by atoms with Gasteiger partial charge in [-0.25, -0.2) is 0 Å². The third-order valence-corrected chi connectivity index (χ3v) is 4.42. The van der Waals surface area contributed by atoms with Crippen LogP contribution in [0.1, 0.15) is 24.8 Å². The summed E-state index contributed by atoms with van der Waals surface area (Å²) in [5, 5.41) is 4.23. The second-order valence-electron chi connectivity index (χ2n) is 5.30. The summed E-state index contributed by atoms with van der Waals surface area (Å²) in [6.07, 6.45) is 2.99. The van der Waals surface area contributed by atoms with Crippen LogP contribution in [0, 0.1) is 0 Å². The SMILES string of the molecule is CN(CCC(N)=S)C(=O)CN(Cc1ccsc1)C1CC1. The highest BCUT2D eigenvalue weighted by Gasteiger charge is 2.30. The number of likely N-dealkylation sites (N-methyl/N-ethyl adjacent to an activating group) is 1. The predicted octanol–water partition coefficient (Wildman–Crippen LogP) is 1.85. The van der Waals surface area contributed by atoms with Crippen LogP contribution in [0.5, 0.6) is 0 Å². The number of hydrogen-bond acceptors (Lipinski definition) is 4. The quantitative estimate of drug-likeness (QED) is 0.744. The van der Waals surface area contributed by atoms with Crippen molar-refractivity contribution in [2.75, 3.05) is 20.1 Å². The van der Waals surface area contributed by atoms with Crippen molar-refractivity contribution in [1.82, 2.24) is 9.80 Å². The molecule has 1 aromatic heterocycles. The minimum Gasteiger partial charge on any atom is -0.393 e. The van der Waals surface area contributed by atoms with Crippen LogP contribution in [0.15, 0.2) is 16.8 Å². The zero-order valence-electron chi connectivity index (χ0n) is 11.7. The first-order valence-corrected chi connectivity index (χ1v) is 8.18. The molecular formula is C14H21N3OS2. The first-order valence-electron chi connectivity index (χ1n) is 6.83. The van der Waals surface area contributed by atoms with E-state index in [9.17, 15) is 4.79 Å². The molecule has 0 unspecified atom stereocenters. The zero-order chi connectivity index (χ0) is 14.5. The van der Waals surface area contributed by atoms with Gasteiger partial charge in [-0.05, 0) is 35.2 Å². The zero-order valence-corrected chi connectivity index (χ0v) is 13.4. The average molecular weight is 311 g/mol. The number of thiophene rings is 1. The highest BCUT2D eigenvalue weighted by atomic mass is 32.1. The molecule has 6 heteroatoms. The Balaban J connectivity index is 1.84. The van der Waals surface area contributed by atoms with E-state index in [1.807, 2.05) is 7.05 Å². The second kappa shape index (κ2) is 7.15. The lowest BCUT2D eigenvalue weighted by molar-refractivity contribution is -0.131. The molecule has 1 saturated carbocycles. The van der Waals surface area contributed by atoms with Gasteiger partial charge in [0.15, 0.2) is 0 Å². The van der Waals surface area contributed by atoms with E-state index >= 15 is 0 Å². The number of amides is 1. The molecule has 2 N–H and O–H groups in total. The first kappa shape index (κ1) is 15.4. The van der Waals surface area contributed by atoms with Gasteiger partial charge in [-0.2, -0.15) is 11.3 Å². The minimum atomic E-state index is 0.142. The van der Waals surface area contributed by atoms with Gasteiger partial charge in [-0.1, -0.05) is 12.2 Å². The summed E-state index contributed by atoms with van der Waals surface area (Å²) >= 11 is 6.55. The number of nitrogens with zero attached hydrogens (tertiary/aromatic N) is 2. The number of nitrogens with two attached hydrogens (primary N) is 1. The highest BCUT2D eigenvalue weighted by molar-refractivity contribution is 7.80. The van der Waals surface area contributed by atoms with Crippen LogP contribution in [0.3, 0.4) is 0 Å². The highest BCUT2D eigenvalue weighted by Crippen LogP contribution is 2.28. The van der Waals surface area contributed by atoms with E-state index in [0.29, 0.717) is 30.5 Å². The van der Waals surface area contributed by atoms with E-state index in [1.54, 1.807) is 16.2 Å². The van der Waals surface area contributed by atoms with E-state index in [4.69, 9.17) is 18.0 Å². The Morgan fingerprint density at radius 1 is 1.55 bits per heavy atom. The number of hydrogen-bond donors (Lipinski definition) is 1. The summed E-state index contributed by atoms with van der Waals surface area (Å²) in [6.45, 7) is 1.95. The fourth-order valence-corrected chi connectivity index (χ4v) is 2.82. The van der Waals surface area contributed by atoms with Crippen molar-refractivity contribution >= 4 is 34.5 Å². The molecular weight excluding hydrogens is 290 g/mol.